The Morgan fingerprint density at radius 3 is 2.87 bits per heavy atom. The molecule has 0 aliphatic rings. The zero-order valence-electron chi connectivity index (χ0n) is 9.58. The molecule has 0 bridgehead atoms. The minimum absolute atomic E-state index is 0.259. The van der Waals surface area contributed by atoms with Crippen LogP contribution >= 0.6 is 0 Å². The molecule has 1 aromatic heterocycles. The monoisotopic (exact) mass is 209 g/mol. The Labute approximate surface area is 90.8 Å². The largest absolute Gasteiger partial charge is 0.396 e. The molecule has 0 radical (unpaired) electrons. The van der Waals surface area contributed by atoms with Crippen molar-refractivity contribution in [2.45, 2.75) is 26.9 Å². The molecule has 1 rings (SSSR count). The maximum Gasteiger partial charge on any atom is 0.149 e. The van der Waals surface area contributed by atoms with E-state index in [1.807, 2.05) is 26.8 Å². The predicted octanol–water partition coefficient (Wildman–Crippen LogP) is 1.81. The number of hydrogen-bond acceptors (Lipinski definition) is 4. The fourth-order valence-corrected chi connectivity index (χ4v) is 1.20. The Kier molecular flexibility index (Phi) is 4.37. The number of ether oxygens (including phenoxy) is 1. The predicted molar refractivity (Wildman–Crippen MR) is 63.0 cm³/mol. The quantitative estimate of drug-likeness (QED) is 0.726. The smallest absolute Gasteiger partial charge is 0.149 e. The fraction of sp³-hybridized carbons (Fsp3) is 0.545. The summed E-state index contributed by atoms with van der Waals surface area (Å²) in [5.41, 5.74) is 7.54. The molecule has 4 heteroatoms. The van der Waals surface area contributed by atoms with Crippen LogP contribution in [0.5, 0.6) is 0 Å². The third kappa shape index (κ3) is 4.16. The van der Waals surface area contributed by atoms with Crippen molar-refractivity contribution in [1.29, 1.82) is 0 Å². The summed E-state index contributed by atoms with van der Waals surface area (Å²) in [6, 6.07) is 1.90. The summed E-state index contributed by atoms with van der Waals surface area (Å²) in [5, 5.41) is 3.13. The molecule has 0 aromatic carbocycles. The second-order valence-electron chi connectivity index (χ2n) is 3.80. The van der Waals surface area contributed by atoms with E-state index in [0.29, 0.717) is 12.3 Å². The van der Waals surface area contributed by atoms with Crippen molar-refractivity contribution in [3.63, 3.8) is 0 Å². The summed E-state index contributed by atoms with van der Waals surface area (Å²) in [5.74, 6) is 0.730. The molecule has 1 heterocycles. The number of nitrogens with one attached hydrogen (secondary N) is 1. The second-order valence-corrected chi connectivity index (χ2v) is 3.80. The molecule has 0 saturated carbocycles. The highest BCUT2D eigenvalue weighted by molar-refractivity contribution is 5.61. The molecule has 15 heavy (non-hydrogen) atoms. The van der Waals surface area contributed by atoms with Crippen LogP contribution in [0.15, 0.2) is 12.3 Å². The fourth-order valence-electron chi connectivity index (χ4n) is 1.20. The first kappa shape index (κ1) is 11.8. The molecule has 0 fully saturated rings. The first-order chi connectivity index (χ1) is 7.09. The average molecular weight is 209 g/mol. The molecule has 0 saturated heterocycles. The second kappa shape index (κ2) is 5.56. The van der Waals surface area contributed by atoms with E-state index in [2.05, 4.69) is 10.3 Å². The number of pyridine rings is 1. The van der Waals surface area contributed by atoms with E-state index in [4.69, 9.17) is 10.5 Å². The summed E-state index contributed by atoms with van der Waals surface area (Å²) in [7, 11) is 0. The van der Waals surface area contributed by atoms with E-state index in [0.717, 1.165) is 17.9 Å². The van der Waals surface area contributed by atoms with Crippen LogP contribution in [-0.4, -0.2) is 24.2 Å². The lowest BCUT2D eigenvalue weighted by atomic mass is 10.3. The standard InChI is InChI=1S/C11H19N3O/c1-8(2)15-5-4-13-11-10(12)6-9(3)7-14-11/h6-8H,4-5,12H2,1-3H3,(H,13,14). The molecule has 0 spiro atoms. The summed E-state index contributed by atoms with van der Waals surface area (Å²) in [4.78, 5) is 4.20. The molecule has 0 amide bonds. The summed E-state index contributed by atoms with van der Waals surface area (Å²) >= 11 is 0. The Morgan fingerprint density at radius 1 is 1.53 bits per heavy atom. The minimum atomic E-state index is 0.259. The van der Waals surface area contributed by atoms with Crippen LogP contribution in [0.3, 0.4) is 0 Å². The van der Waals surface area contributed by atoms with Crippen LogP contribution in [0.4, 0.5) is 11.5 Å². The van der Waals surface area contributed by atoms with Crippen LogP contribution in [-0.2, 0) is 4.74 Å². The number of nitrogens with two attached hydrogens (primary N) is 1. The maximum atomic E-state index is 5.80. The molecule has 1 aromatic rings. The highest BCUT2D eigenvalue weighted by atomic mass is 16.5. The van der Waals surface area contributed by atoms with E-state index in [1.54, 1.807) is 6.20 Å². The number of nitrogens with zero attached hydrogens (tertiary/aromatic N) is 1. The van der Waals surface area contributed by atoms with Crippen molar-refractivity contribution in [1.82, 2.24) is 4.98 Å². The van der Waals surface area contributed by atoms with E-state index in [-0.39, 0.29) is 6.10 Å². The van der Waals surface area contributed by atoms with Gasteiger partial charge in [-0.3, -0.25) is 0 Å². The van der Waals surface area contributed by atoms with Gasteiger partial charge in [0.2, 0.25) is 0 Å². The highest BCUT2D eigenvalue weighted by Gasteiger charge is 2.00. The molecule has 0 atom stereocenters. The van der Waals surface area contributed by atoms with Gasteiger partial charge in [-0.05, 0) is 32.4 Å². The van der Waals surface area contributed by atoms with E-state index in [9.17, 15) is 0 Å². The summed E-state index contributed by atoms with van der Waals surface area (Å²) in [6.07, 6.45) is 2.05. The van der Waals surface area contributed by atoms with Crippen molar-refractivity contribution in [2.24, 2.45) is 0 Å². The Hall–Kier alpha value is -1.29. The third-order valence-electron chi connectivity index (χ3n) is 1.90. The third-order valence-corrected chi connectivity index (χ3v) is 1.90. The summed E-state index contributed by atoms with van der Waals surface area (Å²) < 4.78 is 5.40. The first-order valence-corrected chi connectivity index (χ1v) is 5.17. The van der Waals surface area contributed by atoms with Crippen molar-refractivity contribution in [3.8, 4) is 0 Å². The van der Waals surface area contributed by atoms with Gasteiger partial charge in [-0.15, -0.1) is 0 Å². The lowest BCUT2D eigenvalue weighted by Crippen LogP contribution is -2.14. The van der Waals surface area contributed by atoms with Crippen molar-refractivity contribution < 1.29 is 4.74 Å². The van der Waals surface area contributed by atoms with E-state index >= 15 is 0 Å². The number of anilines is 2. The van der Waals surface area contributed by atoms with Crippen LogP contribution in [0.25, 0.3) is 0 Å². The molecular formula is C11H19N3O. The Morgan fingerprint density at radius 2 is 2.27 bits per heavy atom. The molecule has 4 nitrogen and oxygen atoms in total. The number of nitrogen functional groups attached to an aromatic ring is 1. The van der Waals surface area contributed by atoms with Crippen LogP contribution in [0, 0.1) is 6.92 Å². The lowest BCUT2D eigenvalue weighted by Gasteiger charge is -2.10. The van der Waals surface area contributed by atoms with Gasteiger partial charge in [0, 0.05) is 12.7 Å². The summed E-state index contributed by atoms with van der Waals surface area (Å²) in [6.45, 7) is 7.37. The van der Waals surface area contributed by atoms with E-state index < -0.39 is 0 Å². The molecular weight excluding hydrogens is 190 g/mol. The van der Waals surface area contributed by atoms with Gasteiger partial charge in [-0.25, -0.2) is 4.98 Å². The molecule has 0 aliphatic carbocycles. The van der Waals surface area contributed by atoms with Gasteiger partial charge in [0.15, 0.2) is 0 Å². The molecule has 84 valence electrons. The van der Waals surface area contributed by atoms with Crippen LogP contribution < -0.4 is 11.1 Å². The van der Waals surface area contributed by atoms with E-state index in [1.165, 1.54) is 0 Å². The lowest BCUT2D eigenvalue weighted by molar-refractivity contribution is 0.0870. The average Bonchev–Trinajstić information content (AvgIpc) is 2.14. The first-order valence-electron chi connectivity index (χ1n) is 5.17. The normalized spacial score (nSPS) is 10.7. The van der Waals surface area contributed by atoms with Crippen LogP contribution in [0.1, 0.15) is 19.4 Å². The van der Waals surface area contributed by atoms with Gasteiger partial charge in [-0.1, -0.05) is 0 Å². The van der Waals surface area contributed by atoms with Gasteiger partial charge in [0.1, 0.15) is 5.82 Å². The number of aryl methyl sites for hydroxylation is 1. The molecule has 0 unspecified atom stereocenters. The topological polar surface area (TPSA) is 60.2 Å². The minimum Gasteiger partial charge on any atom is -0.396 e. The van der Waals surface area contributed by atoms with Crippen molar-refractivity contribution in [3.05, 3.63) is 17.8 Å². The zero-order chi connectivity index (χ0) is 11.3. The van der Waals surface area contributed by atoms with Gasteiger partial charge in [0.05, 0.1) is 18.4 Å². The van der Waals surface area contributed by atoms with Gasteiger partial charge in [-0.2, -0.15) is 0 Å². The number of hydrogen-bond donors (Lipinski definition) is 2. The molecule has 3 N–H and O–H groups in total. The SMILES string of the molecule is Cc1cnc(NCCOC(C)C)c(N)c1. The highest BCUT2D eigenvalue weighted by Crippen LogP contribution is 2.15. The maximum absolute atomic E-state index is 5.80. The Bertz CT molecular complexity index is 313. The van der Waals surface area contributed by atoms with Gasteiger partial charge < -0.3 is 15.8 Å². The zero-order valence-corrected chi connectivity index (χ0v) is 9.58. The number of aromatic nitrogens is 1. The van der Waals surface area contributed by atoms with Crippen LogP contribution in [0.2, 0.25) is 0 Å². The molecule has 0 aliphatic heterocycles. The van der Waals surface area contributed by atoms with Crippen molar-refractivity contribution >= 4 is 11.5 Å². The van der Waals surface area contributed by atoms with Crippen molar-refractivity contribution in [2.75, 3.05) is 24.2 Å². The van der Waals surface area contributed by atoms with Gasteiger partial charge in [0.25, 0.3) is 0 Å². The number of rotatable bonds is 5. The van der Waals surface area contributed by atoms with Gasteiger partial charge >= 0.3 is 0 Å². The Balaban J connectivity index is 2.37.